The fraction of sp³-hybridized carbons (Fsp3) is 0.429. The molecule has 0 aromatic heterocycles. The van der Waals surface area contributed by atoms with Gasteiger partial charge in [0.1, 0.15) is 0 Å². The Morgan fingerprint density at radius 2 is 2.24 bits per heavy atom. The molecule has 1 heterocycles. The molecule has 1 aromatic carbocycles. The maximum atomic E-state index is 12.1. The van der Waals surface area contributed by atoms with Gasteiger partial charge in [-0.25, -0.2) is 0 Å². The number of likely N-dealkylation sites (N-methyl/N-ethyl adjacent to an activating group) is 1. The first-order valence-corrected chi connectivity index (χ1v) is 7.61. The molecule has 4 N–H and O–H groups in total. The van der Waals surface area contributed by atoms with E-state index < -0.39 is 0 Å². The van der Waals surface area contributed by atoms with Gasteiger partial charge in [-0.1, -0.05) is 0 Å². The van der Waals surface area contributed by atoms with Gasteiger partial charge in [0.25, 0.3) is 0 Å². The van der Waals surface area contributed by atoms with Crippen LogP contribution in [0.3, 0.4) is 0 Å². The number of carbonyl (C=O) groups is 2. The summed E-state index contributed by atoms with van der Waals surface area (Å²) >= 11 is 3.36. The number of halogens is 1. The molecule has 1 fully saturated rings. The third-order valence-electron chi connectivity index (χ3n) is 3.53. The SMILES string of the molecule is CNC(=O)C1CCCN1CC(=O)Nc1ccc(N)cc1Br. The number of benzene rings is 1. The van der Waals surface area contributed by atoms with Crippen molar-refractivity contribution in [1.29, 1.82) is 0 Å². The van der Waals surface area contributed by atoms with Crippen molar-refractivity contribution in [3.63, 3.8) is 0 Å². The Balaban J connectivity index is 1.96. The predicted octanol–water partition coefficient (Wildman–Crippen LogP) is 1.18. The van der Waals surface area contributed by atoms with E-state index in [9.17, 15) is 9.59 Å². The molecule has 6 nitrogen and oxygen atoms in total. The third kappa shape index (κ3) is 3.95. The lowest BCUT2D eigenvalue weighted by atomic mass is 10.2. The van der Waals surface area contributed by atoms with E-state index in [4.69, 9.17) is 5.73 Å². The number of rotatable bonds is 4. The van der Waals surface area contributed by atoms with Crippen molar-refractivity contribution in [2.75, 3.05) is 31.2 Å². The summed E-state index contributed by atoms with van der Waals surface area (Å²) in [7, 11) is 1.62. The second-order valence-corrected chi connectivity index (χ2v) is 5.88. The smallest absolute Gasteiger partial charge is 0.238 e. The van der Waals surface area contributed by atoms with E-state index in [0.717, 1.165) is 23.9 Å². The highest BCUT2D eigenvalue weighted by Gasteiger charge is 2.31. The van der Waals surface area contributed by atoms with Crippen LogP contribution in [0.4, 0.5) is 11.4 Å². The first-order valence-electron chi connectivity index (χ1n) is 6.82. The summed E-state index contributed by atoms with van der Waals surface area (Å²) in [6, 6.07) is 5.00. The second-order valence-electron chi connectivity index (χ2n) is 5.03. The van der Waals surface area contributed by atoms with Crippen LogP contribution in [0.5, 0.6) is 0 Å². The summed E-state index contributed by atoms with van der Waals surface area (Å²) in [4.78, 5) is 25.8. The van der Waals surface area contributed by atoms with Crippen molar-refractivity contribution in [1.82, 2.24) is 10.2 Å². The van der Waals surface area contributed by atoms with Gasteiger partial charge in [-0.05, 0) is 53.5 Å². The molecule has 0 spiro atoms. The molecular weight excluding hydrogens is 336 g/mol. The average Bonchev–Trinajstić information content (AvgIpc) is 2.89. The zero-order valence-corrected chi connectivity index (χ0v) is 13.4. The Kier molecular flexibility index (Phi) is 5.19. The standard InChI is InChI=1S/C14H19BrN4O2/c1-17-14(21)12-3-2-6-19(12)8-13(20)18-11-5-4-9(16)7-10(11)15/h4-5,7,12H,2-3,6,8,16H2,1H3,(H,17,21)(H,18,20). The lowest BCUT2D eigenvalue weighted by Crippen LogP contribution is -2.45. The minimum absolute atomic E-state index is 0.0334. The highest BCUT2D eigenvalue weighted by atomic mass is 79.9. The summed E-state index contributed by atoms with van der Waals surface area (Å²) in [5.41, 5.74) is 6.96. The number of carbonyl (C=O) groups excluding carboxylic acids is 2. The van der Waals surface area contributed by atoms with Crippen LogP contribution in [0.1, 0.15) is 12.8 Å². The molecule has 0 bridgehead atoms. The molecule has 1 aromatic rings. The summed E-state index contributed by atoms with van der Waals surface area (Å²) in [6.07, 6.45) is 1.72. The predicted molar refractivity (Wildman–Crippen MR) is 85.8 cm³/mol. The molecule has 0 aliphatic carbocycles. The molecular formula is C14H19BrN4O2. The Morgan fingerprint density at radius 3 is 2.90 bits per heavy atom. The van der Waals surface area contributed by atoms with Crippen molar-refractivity contribution in [3.8, 4) is 0 Å². The summed E-state index contributed by atoms with van der Waals surface area (Å²) < 4.78 is 0.736. The van der Waals surface area contributed by atoms with Crippen molar-refractivity contribution in [3.05, 3.63) is 22.7 Å². The van der Waals surface area contributed by atoms with E-state index in [2.05, 4.69) is 26.6 Å². The molecule has 0 saturated carbocycles. The molecule has 1 aliphatic heterocycles. The molecule has 1 unspecified atom stereocenters. The number of nitrogens with two attached hydrogens (primary N) is 1. The highest BCUT2D eigenvalue weighted by molar-refractivity contribution is 9.10. The third-order valence-corrected chi connectivity index (χ3v) is 4.18. The Morgan fingerprint density at radius 1 is 1.48 bits per heavy atom. The van der Waals surface area contributed by atoms with Crippen molar-refractivity contribution in [2.24, 2.45) is 0 Å². The van der Waals surface area contributed by atoms with Gasteiger partial charge in [-0.15, -0.1) is 0 Å². The maximum absolute atomic E-state index is 12.1. The minimum Gasteiger partial charge on any atom is -0.399 e. The summed E-state index contributed by atoms with van der Waals surface area (Å²) in [6.45, 7) is 0.962. The lowest BCUT2D eigenvalue weighted by molar-refractivity contribution is -0.126. The number of amides is 2. The average molecular weight is 355 g/mol. The number of anilines is 2. The number of nitrogens with zero attached hydrogens (tertiary/aromatic N) is 1. The fourth-order valence-corrected chi connectivity index (χ4v) is 2.98. The van der Waals surface area contributed by atoms with Gasteiger partial charge in [0.15, 0.2) is 0 Å². The minimum atomic E-state index is -0.212. The topological polar surface area (TPSA) is 87.5 Å². The van der Waals surface area contributed by atoms with Gasteiger partial charge in [-0.2, -0.15) is 0 Å². The van der Waals surface area contributed by atoms with Crippen LogP contribution in [0, 0.1) is 0 Å². The van der Waals surface area contributed by atoms with Crippen LogP contribution in [-0.4, -0.2) is 42.9 Å². The first-order chi connectivity index (χ1) is 10.0. The number of hydrogen-bond acceptors (Lipinski definition) is 4. The lowest BCUT2D eigenvalue weighted by Gasteiger charge is -2.22. The van der Waals surface area contributed by atoms with Crippen LogP contribution in [0.2, 0.25) is 0 Å². The number of nitrogen functional groups attached to an aromatic ring is 1. The maximum Gasteiger partial charge on any atom is 0.238 e. The monoisotopic (exact) mass is 354 g/mol. The molecule has 1 atom stereocenters. The molecule has 7 heteroatoms. The van der Waals surface area contributed by atoms with E-state index in [1.165, 1.54) is 0 Å². The zero-order valence-electron chi connectivity index (χ0n) is 11.9. The molecule has 1 aliphatic rings. The van der Waals surface area contributed by atoms with Crippen LogP contribution >= 0.6 is 15.9 Å². The van der Waals surface area contributed by atoms with E-state index in [0.29, 0.717) is 11.4 Å². The number of hydrogen-bond donors (Lipinski definition) is 3. The molecule has 114 valence electrons. The van der Waals surface area contributed by atoms with E-state index >= 15 is 0 Å². The van der Waals surface area contributed by atoms with Crippen molar-refractivity contribution < 1.29 is 9.59 Å². The van der Waals surface area contributed by atoms with Gasteiger partial charge in [0.2, 0.25) is 11.8 Å². The van der Waals surface area contributed by atoms with Crippen LogP contribution in [-0.2, 0) is 9.59 Å². The summed E-state index contributed by atoms with van der Waals surface area (Å²) in [5.74, 6) is -0.176. The quantitative estimate of drug-likeness (QED) is 0.708. The second kappa shape index (κ2) is 6.91. The number of likely N-dealkylation sites (tertiary alicyclic amines) is 1. The van der Waals surface area contributed by atoms with Gasteiger partial charge >= 0.3 is 0 Å². The van der Waals surface area contributed by atoms with Crippen LogP contribution in [0.15, 0.2) is 22.7 Å². The van der Waals surface area contributed by atoms with Gasteiger partial charge in [0, 0.05) is 17.2 Å². The van der Waals surface area contributed by atoms with Gasteiger partial charge < -0.3 is 16.4 Å². The number of nitrogens with one attached hydrogen (secondary N) is 2. The Labute approximate surface area is 132 Å². The van der Waals surface area contributed by atoms with E-state index in [-0.39, 0.29) is 24.4 Å². The normalized spacial score (nSPS) is 18.5. The van der Waals surface area contributed by atoms with Gasteiger partial charge in [-0.3, -0.25) is 14.5 Å². The van der Waals surface area contributed by atoms with E-state index in [1.807, 2.05) is 4.90 Å². The largest absolute Gasteiger partial charge is 0.399 e. The van der Waals surface area contributed by atoms with Crippen molar-refractivity contribution in [2.45, 2.75) is 18.9 Å². The molecule has 1 saturated heterocycles. The molecule has 21 heavy (non-hydrogen) atoms. The first kappa shape index (κ1) is 15.8. The Bertz CT molecular complexity index is 550. The molecule has 0 radical (unpaired) electrons. The fourth-order valence-electron chi connectivity index (χ4n) is 2.49. The van der Waals surface area contributed by atoms with Crippen LogP contribution < -0.4 is 16.4 Å². The Hall–Kier alpha value is -1.60. The summed E-state index contributed by atoms with van der Waals surface area (Å²) in [5, 5.41) is 5.47. The van der Waals surface area contributed by atoms with Crippen molar-refractivity contribution >= 4 is 39.1 Å². The molecule has 2 amide bonds. The van der Waals surface area contributed by atoms with E-state index in [1.54, 1.807) is 25.2 Å². The highest BCUT2D eigenvalue weighted by Crippen LogP contribution is 2.25. The van der Waals surface area contributed by atoms with Gasteiger partial charge in [0.05, 0.1) is 18.3 Å². The molecule has 2 rings (SSSR count). The zero-order chi connectivity index (χ0) is 15.4. The van der Waals surface area contributed by atoms with Crippen LogP contribution in [0.25, 0.3) is 0 Å².